The van der Waals surface area contributed by atoms with Crippen molar-refractivity contribution in [3.05, 3.63) is 50.7 Å². The summed E-state index contributed by atoms with van der Waals surface area (Å²) in [6.07, 6.45) is 0. The Hall–Kier alpha value is -1.58. The van der Waals surface area contributed by atoms with E-state index in [1.54, 1.807) is 18.2 Å². The molecule has 5 nitrogen and oxygen atoms in total. The standard InChI is InChI=1S/C19H20Cl3N5/c1-12(2)26-6-8-27(9-7-26)17-10-16(24-25-19(17)22)13(11-23)18-14(20)4-3-5-15(18)21/h3-5,10,12-13H,6-9H2,1-2H3. The van der Waals surface area contributed by atoms with Crippen molar-refractivity contribution in [2.45, 2.75) is 25.8 Å². The van der Waals surface area contributed by atoms with E-state index in [0.29, 0.717) is 32.5 Å². The molecule has 0 aliphatic carbocycles. The molecule has 1 saturated heterocycles. The van der Waals surface area contributed by atoms with Crippen molar-refractivity contribution in [1.29, 1.82) is 5.26 Å². The minimum absolute atomic E-state index is 0.332. The van der Waals surface area contributed by atoms with Crippen LogP contribution in [0.15, 0.2) is 24.3 Å². The van der Waals surface area contributed by atoms with E-state index in [1.165, 1.54) is 0 Å². The summed E-state index contributed by atoms with van der Waals surface area (Å²) in [7, 11) is 0. The molecule has 1 aromatic carbocycles. The molecule has 0 N–H and O–H groups in total. The molecule has 27 heavy (non-hydrogen) atoms. The molecule has 1 aliphatic rings. The van der Waals surface area contributed by atoms with E-state index in [0.717, 1.165) is 31.9 Å². The first-order valence-corrected chi connectivity index (χ1v) is 9.91. The fourth-order valence-electron chi connectivity index (χ4n) is 3.29. The van der Waals surface area contributed by atoms with Crippen LogP contribution in [0, 0.1) is 11.3 Å². The lowest BCUT2D eigenvalue weighted by molar-refractivity contribution is 0.209. The number of benzene rings is 1. The van der Waals surface area contributed by atoms with E-state index in [9.17, 15) is 5.26 Å². The number of hydrogen-bond donors (Lipinski definition) is 0. The largest absolute Gasteiger partial charge is 0.366 e. The van der Waals surface area contributed by atoms with Crippen LogP contribution in [0.3, 0.4) is 0 Å². The van der Waals surface area contributed by atoms with Gasteiger partial charge in [-0.2, -0.15) is 10.4 Å². The zero-order valence-corrected chi connectivity index (χ0v) is 17.4. The van der Waals surface area contributed by atoms with Gasteiger partial charge in [-0.3, -0.25) is 4.90 Å². The predicted molar refractivity (Wildman–Crippen MR) is 110 cm³/mol. The highest BCUT2D eigenvalue weighted by atomic mass is 35.5. The number of aromatic nitrogens is 2. The number of nitrogens with zero attached hydrogens (tertiary/aromatic N) is 5. The van der Waals surface area contributed by atoms with Crippen LogP contribution in [-0.4, -0.2) is 47.3 Å². The molecule has 1 atom stereocenters. The van der Waals surface area contributed by atoms with Crippen molar-refractivity contribution in [2.24, 2.45) is 0 Å². The van der Waals surface area contributed by atoms with Crippen molar-refractivity contribution in [1.82, 2.24) is 15.1 Å². The first-order valence-electron chi connectivity index (χ1n) is 8.78. The van der Waals surface area contributed by atoms with Crippen LogP contribution >= 0.6 is 34.8 Å². The monoisotopic (exact) mass is 423 g/mol. The molecule has 1 fully saturated rings. The van der Waals surface area contributed by atoms with E-state index < -0.39 is 5.92 Å². The van der Waals surface area contributed by atoms with Crippen LogP contribution in [0.1, 0.15) is 31.0 Å². The summed E-state index contributed by atoms with van der Waals surface area (Å²) in [6.45, 7) is 7.97. The summed E-state index contributed by atoms with van der Waals surface area (Å²) >= 11 is 18.9. The van der Waals surface area contributed by atoms with E-state index >= 15 is 0 Å². The quantitative estimate of drug-likeness (QED) is 0.716. The average Bonchev–Trinajstić information content (AvgIpc) is 2.65. The van der Waals surface area contributed by atoms with Gasteiger partial charge >= 0.3 is 0 Å². The third-order valence-corrected chi connectivity index (χ3v) is 5.78. The maximum Gasteiger partial charge on any atom is 0.174 e. The molecule has 2 aromatic rings. The number of anilines is 1. The Morgan fingerprint density at radius 3 is 2.22 bits per heavy atom. The van der Waals surface area contributed by atoms with Crippen molar-refractivity contribution >= 4 is 40.5 Å². The van der Waals surface area contributed by atoms with E-state index in [4.69, 9.17) is 34.8 Å². The molecular weight excluding hydrogens is 405 g/mol. The van der Waals surface area contributed by atoms with Gasteiger partial charge in [0.2, 0.25) is 0 Å². The van der Waals surface area contributed by atoms with Gasteiger partial charge in [0.15, 0.2) is 5.15 Å². The van der Waals surface area contributed by atoms with Gasteiger partial charge < -0.3 is 4.90 Å². The SMILES string of the molecule is CC(C)N1CCN(c2cc(C(C#N)c3c(Cl)cccc3Cl)nnc2Cl)CC1. The molecule has 142 valence electrons. The van der Waals surface area contributed by atoms with Crippen LogP contribution in [0.4, 0.5) is 5.69 Å². The second kappa shape index (κ2) is 8.62. The Morgan fingerprint density at radius 2 is 1.67 bits per heavy atom. The minimum Gasteiger partial charge on any atom is -0.366 e. The highest BCUT2D eigenvalue weighted by Crippen LogP contribution is 2.36. The zero-order valence-electron chi connectivity index (χ0n) is 15.2. The van der Waals surface area contributed by atoms with Crippen LogP contribution in [0.2, 0.25) is 15.2 Å². The van der Waals surface area contributed by atoms with Gasteiger partial charge in [0.05, 0.1) is 17.5 Å². The molecule has 0 saturated carbocycles. The topological polar surface area (TPSA) is 56.0 Å². The number of piperazine rings is 1. The molecule has 1 unspecified atom stereocenters. The van der Waals surface area contributed by atoms with Crippen LogP contribution in [0.25, 0.3) is 0 Å². The Labute approximate surface area is 174 Å². The second-order valence-electron chi connectivity index (χ2n) is 6.76. The van der Waals surface area contributed by atoms with Crippen molar-refractivity contribution in [2.75, 3.05) is 31.1 Å². The van der Waals surface area contributed by atoms with Gasteiger partial charge in [0, 0.05) is 47.8 Å². The highest BCUT2D eigenvalue weighted by Gasteiger charge is 2.26. The Bertz CT molecular complexity index is 837. The lowest BCUT2D eigenvalue weighted by Crippen LogP contribution is -2.49. The summed E-state index contributed by atoms with van der Waals surface area (Å²) in [4.78, 5) is 4.60. The Balaban J connectivity index is 1.92. The molecule has 0 bridgehead atoms. The van der Waals surface area contributed by atoms with E-state index in [2.05, 4.69) is 39.9 Å². The van der Waals surface area contributed by atoms with Gasteiger partial charge in [-0.25, -0.2) is 0 Å². The fraction of sp³-hybridized carbons (Fsp3) is 0.421. The summed E-state index contributed by atoms with van der Waals surface area (Å²) in [6, 6.07) is 9.75. The predicted octanol–water partition coefficient (Wildman–Crippen LogP) is 4.62. The minimum atomic E-state index is -0.716. The molecule has 3 rings (SSSR count). The Kier molecular flexibility index (Phi) is 6.44. The van der Waals surface area contributed by atoms with Crippen LogP contribution < -0.4 is 4.90 Å². The number of rotatable bonds is 4. The molecular formula is C19H20Cl3N5. The molecule has 1 aliphatic heterocycles. The van der Waals surface area contributed by atoms with Gasteiger partial charge in [0.25, 0.3) is 0 Å². The fourth-order valence-corrected chi connectivity index (χ4v) is 4.12. The van der Waals surface area contributed by atoms with Crippen molar-refractivity contribution < 1.29 is 0 Å². The van der Waals surface area contributed by atoms with Crippen LogP contribution in [-0.2, 0) is 0 Å². The second-order valence-corrected chi connectivity index (χ2v) is 7.93. The normalized spacial score (nSPS) is 16.4. The number of nitriles is 1. The third-order valence-electron chi connectivity index (χ3n) is 4.85. The van der Waals surface area contributed by atoms with Gasteiger partial charge in [-0.05, 0) is 32.0 Å². The number of hydrogen-bond acceptors (Lipinski definition) is 5. The van der Waals surface area contributed by atoms with E-state index in [-0.39, 0.29) is 0 Å². The molecule has 8 heteroatoms. The molecule has 0 amide bonds. The lowest BCUT2D eigenvalue weighted by atomic mass is 9.96. The van der Waals surface area contributed by atoms with Gasteiger partial charge in [-0.1, -0.05) is 40.9 Å². The lowest BCUT2D eigenvalue weighted by Gasteiger charge is -2.38. The maximum absolute atomic E-state index is 9.76. The zero-order chi connectivity index (χ0) is 19.6. The highest BCUT2D eigenvalue weighted by molar-refractivity contribution is 6.36. The first kappa shape index (κ1) is 20.2. The molecule has 0 spiro atoms. The summed E-state index contributed by atoms with van der Waals surface area (Å²) < 4.78 is 0. The van der Waals surface area contributed by atoms with Crippen molar-refractivity contribution in [3.8, 4) is 6.07 Å². The smallest absolute Gasteiger partial charge is 0.174 e. The molecule has 0 radical (unpaired) electrons. The molecule has 2 heterocycles. The van der Waals surface area contributed by atoms with E-state index in [1.807, 2.05) is 6.07 Å². The first-order chi connectivity index (χ1) is 12.9. The van der Waals surface area contributed by atoms with Gasteiger partial charge in [-0.15, -0.1) is 5.10 Å². The number of halogens is 3. The maximum atomic E-state index is 9.76. The average molecular weight is 425 g/mol. The summed E-state index contributed by atoms with van der Waals surface area (Å²) in [5.41, 5.74) is 1.81. The molecule has 1 aromatic heterocycles. The van der Waals surface area contributed by atoms with Crippen molar-refractivity contribution in [3.63, 3.8) is 0 Å². The third kappa shape index (κ3) is 4.30. The van der Waals surface area contributed by atoms with Gasteiger partial charge in [0.1, 0.15) is 5.92 Å². The Morgan fingerprint density at radius 1 is 1.04 bits per heavy atom. The summed E-state index contributed by atoms with van der Waals surface area (Å²) in [5, 5.41) is 19.2. The summed E-state index contributed by atoms with van der Waals surface area (Å²) in [5.74, 6) is -0.716. The van der Waals surface area contributed by atoms with Crippen LogP contribution in [0.5, 0.6) is 0 Å².